The van der Waals surface area contributed by atoms with Gasteiger partial charge in [-0.1, -0.05) is 18.2 Å². The monoisotopic (exact) mass is 163 g/mol. The van der Waals surface area contributed by atoms with E-state index in [0.29, 0.717) is 6.42 Å². The Bertz CT molecular complexity index is 345. The number of halogens is 1. The first kappa shape index (κ1) is 7.35. The van der Waals surface area contributed by atoms with Crippen LogP contribution in [0.2, 0.25) is 0 Å². The number of H-pyrrole nitrogens is 1. The molecule has 0 aliphatic carbocycles. The Morgan fingerprint density at radius 1 is 1.25 bits per heavy atom. The fourth-order valence-corrected chi connectivity index (χ4v) is 1.37. The average molecular weight is 163 g/mol. The fourth-order valence-electron chi connectivity index (χ4n) is 1.37. The Hall–Kier alpha value is -1.31. The van der Waals surface area contributed by atoms with E-state index in [4.69, 9.17) is 0 Å². The Kier molecular flexibility index (Phi) is 1.82. The van der Waals surface area contributed by atoms with Crippen molar-refractivity contribution in [3.05, 3.63) is 36.0 Å². The second-order valence-electron chi connectivity index (χ2n) is 2.82. The largest absolute Gasteiger partial charge is 0.358 e. The molecule has 0 aliphatic rings. The van der Waals surface area contributed by atoms with E-state index >= 15 is 0 Å². The van der Waals surface area contributed by atoms with E-state index in [1.165, 1.54) is 0 Å². The van der Waals surface area contributed by atoms with Gasteiger partial charge in [0.15, 0.2) is 0 Å². The molecule has 12 heavy (non-hydrogen) atoms. The third-order valence-electron chi connectivity index (χ3n) is 1.95. The van der Waals surface area contributed by atoms with E-state index in [-0.39, 0.29) is 6.67 Å². The molecule has 1 nitrogen and oxygen atoms in total. The van der Waals surface area contributed by atoms with Crippen LogP contribution in [0, 0.1) is 0 Å². The number of fused-ring (bicyclic) bond motifs is 1. The summed E-state index contributed by atoms with van der Waals surface area (Å²) in [4.78, 5) is 3.16. The van der Waals surface area contributed by atoms with Crippen LogP contribution in [0.25, 0.3) is 10.9 Å². The zero-order valence-corrected chi connectivity index (χ0v) is 6.68. The summed E-state index contributed by atoms with van der Waals surface area (Å²) in [5.74, 6) is 0. The predicted octanol–water partition coefficient (Wildman–Crippen LogP) is 2.68. The Balaban J connectivity index is 2.47. The molecule has 0 saturated heterocycles. The lowest BCUT2D eigenvalue weighted by molar-refractivity contribution is 0.493. The first-order valence-electron chi connectivity index (χ1n) is 4.03. The molecule has 0 saturated carbocycles. The van der Waals surface area contributed by atoms with Crippen molar-refractivity contribution >= 4 is 10.9 Å². The summed E-state index contributed by atoms with van der Waals surface area (Å²) in [5.41, 5.74) is 2.06. The van der Waals surface area contributed by atoms with Crippen LogP contribution >= 0.6 is 0 Å². The molecule has 2 heteroatoms. The van der Waals surface area contributed by atoms with Gasteiger partial charge in [-0.25, -0.2) is 0 Å². The Morgan fingerprint density at radius 2 is 2.08 bits per heavy atom. The van der Waals surface area contributed by atoms with Gasteiger partial charge in [0.25, 0.3) is 0 Å². The van der Waals surface area contributed by atoms with Gasteiger partial charge in [-0.3, -0.25) is 4.39 Å². The van der Waals surface area contributed by atoms with Crippen LogP contribution in [0.3, 0.4) is 0 Å². The van der Waals surface area contributed by atoms with Crippen molar-refractivity contribution in [2.24, 2.45) is 0 Å². The highest BCUT2D eigenvalue weighted by atomic mass is 19.1. The standard InChI is InChI=1S/C10H10FN/c11-6-5-9-7-8-3-1-2-4-10(8)12-9/h1-4,7,12H,5-6H2. The van der Waals surface area contributed by atoms with Gasteiger partial charge >= 0.3 is 0 Å². The molecule has 2 aromatic rings. The van der Waals surface area contributed by atoms with Crippen LogP contribution in [0.15, 0.2) is 30.3 Å². The first-order chi connectivity index (χ1) is 5.90. The number of aromatic amines is 1. The van der Waals surface area contributed by atoms with E-state index in [0.717, 1.165) is 16.6 Å². The van der Waals surface area contributed by atoms with Crippen molar-refractivity contribution in [1.29, 1.82) is 0 Å². The van der Waals surface area contributed by atoms with Crippen LogP contribution in [0.4, 0.5) is 4.39 Å². The summed E-state index contributed by atoms with van der Waals surface area (Å²) in [6.07, 6.45) is 0.481. The molecule has 1 N–H and O–H groups in total. The average Bonchev–Trinajstić information content (AvgIpc) is 2.47. The highest BCUT2D eigenvalue weighted by Crippen LogP contribution is 2.14. The first-order valence-corrected chi connectivity index (χ1v) is 4.03. The topological polar surface area (TPSA) is 15.8 Å². The molecular weight excluding hydrogens is 153 g/mol. The number of benzene rings is 1. The molecule has 0 aliphatic heterocycles. The van der Waals surface area contributed by atoms with Crippen molar-refractivity contribution in [2.75, 3.05) is 6.67 Å². The minimum absolute atomic E-state index is 0.299. The third-order valence-corrected chi connectivity index (χ3v) is 1.95. The minimum Gasteiger partial charge on any atom is -0.358 e. The number of aryl methyl sites for hydroxylation is 1. The zero-order valence-electron chi connectivity index (χ0n) is 6.68. The molecule has 2 rings (SSSR count). The van der Waals surface area contributed by atoms with Crippen LogP contribution in [-0.4, -0.2) is 11.7 Å². The Morgan fingerprint density at radius 3 is 2.83 bits per heavy atom. The van der Waals surface area contributed by atoms with Crippen molar-refractivity contribution in [1.82, 2.24) is 4.98 Å². The van der Waals surface area contributed by atoms with Gasteiger partial charge < -0.3 is 4.98 Å². The van der Waals surface area contributed by atoms with Crippen molar-refractivity contribution in [3.63, 3.8) is 0 Å². The summed E-state index contributed by atoms with van der Waals surface area (Å²) in [7, 11) is 0. The lowest BCUT2D eigenvalue weighted by atomic mass is 10.2. The van der Waals surface area contributed by atoms with Gasteiger partial charge in [0.1, 0.15) is 0 Å². The number of rotatable bonds is 2. The molecule has 1 aromatic carbocycles. The number of nitrogens with one attached hydrogen (secondary N) is 1. The minimum atomic E-state index is -0.299. The molecule has 0 amide bonds. The van der Waals surface area contributed by atoms with Crippen molar-refractivity contribution < 1.29 is 4.39 Å². The van der Waals surface area contributed by atoms with E-state index in [1.54, 1.807) is 0 Å². The van der Waals surface area contributed by atoms with E-state index < -0.39 is 0 Å². The molecule has 62 valence electrons. The molecule has 0 radical (unpaired) electrons. The number of aromatic nitrogens is 1. The molecule has 1 heterocycles. The SMILES string of the molecule is FCCc1cc2ccccc2[nH]1. The second-order valence-corrected chi connectivity index (χ2v) is 2.82. The number of hydrogen-bond acceptors (Lipinski definition) is 0. The van der Waals surface area contributed by atoms with Gasteiger partial charge in [-0.05, 0) is 17.5 Å². The van der Waals surface area contributed by atoms with Gasteiger partial charge in [-0.2, -0.15) is 0 Å². The predicted molar refractivity (Wildman–Crippen MR) is 48.0 cm³/mol. The normalized spacial score (nSPS) is 10.8. The third kappa shape index (κ3) is 1.20. The number of para-hydroxylation sites is 1. The number of hydrogen-bond donors (Lipinski definition) is 1. The summed E-state index contributed by atoms with van der Waals surface area (Å²) < 4.78 is 12.0. The van der Waals surface area contributed by atoms with Crippen LogP contribution in [-0.2, 0) is 6.42 Å². The maximum atomic E-state index is 12.0. The molecule has 0 spiro atoms. The maximum Gasteiger partial charge on any atom is 0.0949 e. The van der Waals surface area contributed by atoms with Crippen molar-refractivity contribution in [3.8, 4) is 0 Å². The van der Waals surface area contributed by atoms with Gasteiger partial charge in [0.05, 0.1) is 6.67 Å². The molecule has 0 fully saturated rings. The van der Waals surface area contributed by atoms with Crippen molar-refractivity contribution in [2.45, 2.75) is 6.42 Å². The maximum absolute atomic E-state index is 12.0. The summed E-state index contributed by atoms with van der Waals surface area (Å²) >= 11 is 0. The molecule has 0 unspecified atom stereocenters. The Labute approximate surface area is 70.2 Å². The van der Waals surface area contributed by atoms with E-state index in [9.17, 15) is 4.39 Å². The highest BCUT2D eigenvalue weighted by Gasteiger charge is 1.98. The van der Waals surface area contributed by atoms with Gasteiger partial charge in [-0.15, -0.1) is 0 Å². The second kappa shape index (κ2) is 2.97. The van der Waals surface area contributed by atoms with E-state index in [2.05, 4.69) is 4.98 Å². The van der Waals surface area contributed by atoms with Crippen LogP contribution in [0.1, 0.15) is 5.69 Å². The smallest absolute Gasteiger partial charge is 0.0949 e. The lowest BCUT2D eigenvalue weighted by Crippen LogP contribution is -1.84. The lowest BCUT2D eigenvalue weighted by Gasteiger charge is -1.87. The molecule has 1 aromatic heterocycles. The molecule has 0 bridgehead atoms. The number of alkyl halides is 1. The molecular formula is C10H10FN. The summed E-state index contributed by atoms with van der Waals surface area (Å²) in [6.45, 7) is -0.299. The van der Waals surface area contributed by atoms with Gasteiger partial charge in [0, 0.05) is 17.6 Å². The van der Waals surface area contributed by atoms with Gasteiger partial charge in [0.2, 0.25) is 0 Å². The summed E-state index contributed by atoms with van der Waals surface area (Å²) in [5, 5.41) is 1.15. The summed E-state index contributed by atoms with van der Waals surface area (Å²) in [6, 6.07) is 9.97. The zero-order chi connectivity index (χ0) is 8.39. The van der Waals surface area contributed by atoms with Crippen LogP contribution < -0.4 is 0 Å². The quantitative estimate of drug-likeness (QED) is 0.700. The molecule has 0 atom stereocenters. The fraction of sp³-hybridized carbons (Fsp3) is 0.200. The highest BCUT2D eigenvalue weighted by molar-refractivity contribution is 5.80. The van der Waals surface area contributed by atoms with E-state index in [1.807, 2.05) is 30.3 Å². The van der Waals surface area contributed by atoms with Crippen LogP contribution in [0.5, 0.6) is 0 Å².